The highest BCUT2D eigenvalue weighted by atomic mass is 35.5. The summed E-state index contributed by atoms with van der Waals surface area (Å²) in [6.45, 7) is 2.16. The average Bonchev–Trinajstić information content (AvgIpc) is 2.65. The summed E-state index contributed by atoms with van der Waals surface area (Å²) < 4.78 is 0. The first kappa shape index (κ1) is 12.2. The molecule has 0 bridgehead atoms. The van der Waals surface area contributed by atoms with E-state index in [0.717, 1.165) is 31.2 Å². The lowest BCUT2D eigenvalue weighted by Gasteiger charge is -2.25. The van der Waals surface area contributed by atoms with Crippen molar-refractivity contribution < 1.29 is 5.11 Å². The van der Waals surface area contributed by atoms with Gasteiger partial charge in [-0.15, -0.1) is 0 Å². The minimum Gasteiger partial charge on any atom is -0.385 e. The number of rotatable bonds is 2. The molecule has 1 aliphatic rings. The zero-order chi connectivity index (χ0) is 11.8. The third kappa shape index (κ3) is 2.09. The zero-order valence-corrected chi connectivity index (χ0v) is 10.9. The van der Waals surface area contributed by atoms with Gasteiger partial charge in [-0.2, -0.15) is 0 Å². The highest BCUT2D eigenvalue weighted by Gasteiger charge is 2.39. The van der Waals surface area contributed by atoms with Gasteiger partial charge in [-0.05, 0) is 31.2 Å². The highest BCUT2D eigenvalue weighted by molar-refractivity contribution is 6.42. The van der Waals surface area contributed by atoms with Gasteiger partial charge in [0.15, 0.2) is 0 Å². The van der Waals surface area contributed by atoms with Crippen molar-refractivity contribution in [3.8, 4) is 0 Å². The van der Waals surface area contributed by atoms with E-state index in [9.17, 15) is 5.11 Å². The van der Waals surface area contributed by atoms with E-state index in [1.165, 1.54) is 0 Å². The summed E-state index contributed by atoms with van der Waals surface area (Å²) in [4.78, 5) is 0. The van der Waals surface area contributed by atoms with Gasteiger partial charge in [0.1, 0.15) is 0 Å². The van der Waals surface area contributed by atoms with Crippen LogP contribution in [0.5, 0.6) is 0 Å². The van der Waals surface area contributed by atoms with Gasteiger partial charge in [-0.1, -0.05) is 48.7 Å². The van der Waals surface area contributed by atoms with Gasteiger partial charge in [-0.3, -0.25) is 0 Å². The molecule has 0 aromatic heterocycles. The predicted octanol–water partition coefficient (Wildman–Crippen LogP) is 4.39. The number of benzene rings is 1. The van der Waals surface area contributed by atoms with Crippen molar-refractivity contribution in [2.24, 2.45) is 5.92 Å². The fourth-order valence-electron chi connectivity index (χ4n) is 2.58. The number of hydrogen-bond acceptors (Lipinski definition) is 1. The lowest BCUT2D eigenvalue weighted by molar-refractivity contribution is 0.0399. The van der Waals surface area contributed by atoms with Crippen LogP contribution in [0, 0.1) is 5.92 Å². The molecule has 1 nitrogen and oxygen atoms in total. The summed E-state index contributed by atoms with van der Waals surface area (Å²) in [5.41, 5.74) is 0.0143. The monoisotopic (exact) mass is 258 g/mol. The van der Waals surface area contributed by atoms with Crippen molar-refractivity contribution in [2.75, 3.05) is 0 Å². The Labute approximate surface area is 106 Å². The van der Waals surface area contributed by atoms with Crippen LogP contribution in [0.25, 0.3) is 0 Å². The van der Waals surface area contributed by atoms with Crippen LogP contribution in [-0.4, -0.2) is 5.11 Å². The second-order valence-corrected chi connectivity index (χ2v) is 5.44. The minimum atomic E-state index is -0.775. The lowest BCUT2D eigenvalue weighted by Crippen LogP contribution is -2.22. The quantitative estimate of drug-likeness (QED) is 0.835. The van der Waals surface area contributed by atoms with Gasteiger partial charge < -0.3 is 5.11 Å². The molecular weight excluding hydrogens is 243 g/mol. The topological polar surface area (TPSA) is 20.2 Å². The fourth-order valence-corrected chi connectivity index (χ4v) is 3.06. The molecule has 2 atom stereocenters. The van der Waals surface area contributed by atoms with Gasteiger partial charge in [0.05, 0.1) is 15.6 Å². The first-order valence-corrected chi connectivity index (χ1v) is 6.49. The molecule has 2 unspecified atom stereocenters. The van der Waals surface area contributed by atoms with Crippen LogP contribution in [0.1, 0.15) is 38.2 Å². The second-order valence-electron chi connectivity index (χ2n) is 4.65. The number of halogens is 2. The Morgan fingerprint density at radius 1 is 1.44 bits per heavy atom. The highest BCUT2D eigenvalue weighted by Crippen LogP contribution is 2.46. The van der Waals surface area contributed by atoms with E-state index in [1.807, 2.05) is 12.1 Å². The summed E-state index contributed by atoms with van der Waals surface area (Å²) in [7, 11) is 0. The summed E-state index contributed by atoms with van der Waals surface area (Å²) in [5, 5.41) is 11.7. The van der Waals surface area contributed by atoms with Gasteiger partial charge in [0.2, 0.25) is 0 Å². The molecule has 16 heavy (non-hydrogen) atoms. The summed E-state index contributed by atoms with van der Waals surface area (Å²) in [6.07, 6.45) is 3.76. The van der Waals surface area contributed by atoms with Crippen LogP contribution < -0.4 is 0 Å². The molecule has 0 radical (unpaired) electrons. The molecule has 1 fully saturated rings. The van der Waals surface area contributed by atoms with Crippen LogP contribution in [0.4, 0.5) is 0 Å². The fraction of sp³-hybridized carbons (Fsp3) is 0.538. The molecule has 0 aliphatic heterocycles. The number of aliphatic hydroxyl groups is 1. The molecular formula is C13H16Cl2O. The van der Waals surface area contributed by atoms with Gasteiger partial charge in [-0.25, -0.2) is 0 Å². The Morgan fingerprint density at radius 3 is 2.81 bits per heavy atom. The molecule has 88 valence electrons. The molecule has 0 spiro atoms. The Bertz CT molecular complexity index is 392. The summed E-state index contributed by atoms with van der Waals surface area (Å²) >= 11 is 12.1. The van der Waals surface area contributed by atoms with Crippen molar-refractivity contribution >= 4 is 23.2 Å². The van der Waals surface area contributed by atoms with E-state index in [2.05, 4.69) is 6.92 Å². The van der Waals surface area contributed by atoms with E-state index in [-0.39, 0.29) is 0 Å². The Balaban J connectivity index is 2.34. The molecule has 1 saturated carbocycles. The van der Waals surface area contributed by atoms with E-state index >= 15 is 0 Å². The molecule has 1 N–H and O–H groups in total. The van der Waals surface area contributed by atoms with Gasteiger partial charge >= 0.3 is 0 Å². The van der Waals surface area contributed by atoms with Crippen LogP contribution >= 0.6 is 23.2 Å². The van der Waals surface area contributed by atoms with E-state index < -0.39 is 5.60 Å². The first-order valence-electron chi connectivity index (χ1n) is 5.73. The SMILES string of the molecule is CCC1CCC(O)(c2cccc(Cl)c2Cl)C1. The Morgan fingerprint density at radius 2 is 2.19 bits per heavy atom. The van der Waals surface area contributed by atoms with Gasteiger partial charge in [0, 0.05) is 5.56 Å². The average molecular weight is 259 g/mol. The van der Waals surface area contributed by atoms with Crippen molar-refractivity contribution in [1.82, 2.24) is 0 Å². The maximum Gasteiger partial charge on any atom is 0.0914 e. The predicted molar refractivity (Wildman–Crippen MR) is 68.0 cm³/mol. The first-order chi connectivity index (χ1) is 7.57. The van der Waals surface area contributed by atoms with E-state index in [1.54, 1.807) is 6.07 Å². The third-order valence-corrected chi connectivity index (χ3v) is 4.44. The third-order valence-electron chi connectivity index (χ3n) is 3.62. The number of hydrogen-bond donors (Lipinski definition) is 1. The maximum absolute atomic E-state index is 10.6. The molecule has 0 amide bonds. The van der Waals surface area contributed by atoms with Crippen LogP contribution in [0.15, 0.2) is 18.2 Å². The molecule has 2 rings (SSSR count). The lowest BCUT2D eigenvalue weighted by atomic mass is 9.90. The minimum absolute atomic E-state index is 0.503. The summed E-state index contributed by atoms with van der Waals surface area (Å²) in [6, 6.07) is 5.48. The van der Waals surface area contributed by atoms with Gasteiger partial charge in [0.25, 0.3) is 0 Å². The van der Waals surface area contributed by atoms with E-state index in [0.29, 0.717) is 16.0 Å². The van der Waals surface area contributed by atoms with Crippen molar-refractivity contribution in [3.05, 3.63) is 33.8 Å². The Kier molecular flexibility index (Phi) is 3.48. The standard InChI is InChI=1S/C13H16Cl2O/c1-2-9-6-7-13(16,8-9)10-4-3-5-11(14)12(10)15/h3-5,9,16H,2,6-8H2,1H3. The summed E-state index contributed by atoms with van der Waals surface area (Å²) in [5.74, 6) is 0.597. The van der Waals surface area contributed by atoms with Crippen molar-refractivity contribution in [2.45, 2.75) is 38.2 Å². The van der Waals surface area contributed by atoms with Crippen molar-refractivity contribution in [1.29, 1.82) is 0 Å². The molecule has 1 aliphatic carbocycles. The maximum atomic E-state index is 10.6. The van der Waals surface area contributed by atoms with Crippen LogP contribution in [-0.2, 0) is 5.60 Å². The smallest absolute Gasteiger partial charge is 0.0914 e. The normalized spacial score (nSPS) is 29.6. The molecule has 0 heterocycles. The molecule has 0 saturated heterocycles. The second kappa shape index (κ2) is 4.56. The zero-order valence-electron chi connectivity index (χ0n) is 9.34. The molecule has 1 aromatic carbocycles. The van der Waals surface area contributed by atoms with Crippen LogP contribution in [0.2, 0.25) is 10.0 Å². The van der Waals surface area contributed by atoms with Crippen LogP contribution in [0.3, 0.4) is 0 Å². The Hall–Kier alpha value is -0.240. The molecule has 3 heteroatoms. The largest absolute Gasteiger partial charge is 0.385 e. The van der Waals surface area contributed by atoms with E-state index in [4.69, 9.17) is 23.2 Å². The molecule has 1 aromatic rings. The van der Waals surface area contributed by atoms with Crippen molar-refractivity contribution in [3.63, 3.8) is 0 Å².